The highest BCUT2D eigenvalue weighted by Gasteiger charge is 2.16. The standard InChI is InChI=1S/C18H30N4.HI/c1-14(2)16-8-6-9-17(13-16)21-18(19)20-10-12-22-11-5-4-7-15(22)3;/h6,8-9,13-15H,4-5,7,10-12H2,1-3H3,(H3,19,20,21);1H. The predicted molar refractivity (Wildman–Crippen MR) is 111 cm³/mol. The van der Waals surface area contributed by atoms with E-state index in [-0.39, 0.29) is 24.0 Å². The Labute approximate surface area is 157 Å². The van der Waals surface area contributed by atoms with Crippen LogP contribution in [0.15, 0.2) is 29.3 Å². The SMILES string of the molecule is CC(C)c1cccc(NC(N)=NCCN2CCCCC2C)c1.I. The van der Waals surface area contributed by atoms with E-state index in [9.17, 15) is 0 Å². The van der Waals surface area contributed by atoms with Crippen LogP contribution < -0.4 is 11.1 Å². The Bertz CT molecular complexity index is 502. The first-order chi connectivity index (χ1) is 10.6. The number of anilines is 1. The quantitative estimate of drug-likeness (QED) is 0.422. The summed E-state index contributed by atoms with van der Waals surface area (Å²) in [5, 5.41) is 3.20. The highest BCUT2D eigenvalue weighted by atomic mass is 127. The van der Waals surface area contributed by atoms with Crippen molar-refractivity contribution < 1.29 is 0 Å². The normalized spacial score (nSPS) is 19.5. The molecule has 1 fully saturated rings. The molecule has 0 amide bonds. The summed E-state index contributed by atoms with van der Waals surface area (Å²) >= 11 is 0. The maximum absolute atomic E-state index is 6.00. The number of likely N-dealkylation sites (tertiary alicyclic amines) is 1. The maximum atomic E-state index is 6.00. The highest BCUT2D eigenvalue weighted by molar-refractivity contribution is 14.0. The average molecular weight is 430 g/mol. The molecule has 4 nitrogen and oxygen atoms in total. The minimum atomic E-state index is 0. The molecule has 0 saturated carbocycles. The molecule has 1 atom stereocenters. The number of piperidine rings is 1. The fourth-order valence-electron chi connectivity index (χ4n) is 2.95. The molecule has 0 spiro atoms. The summed E-state index contributed by atoms with van der Waals surface area (Å²) in [6.07, 6.45) is 3.97. The molecule has 1 heterocycles. The van der Waals surface area contributed by atoms with Gasteiger partial charge >= 0.3 is 0 Å². The van der Waals surface area contributed by atoms with Gasteiger partial charge in [0.2, 0.25) is 0 Å². The summed E-state index contributed by atoms with van der Waals surface area (Å²) in [5.74, 6) is 1.02. The summed E-state index contributed by atoms with van der Waals surface area (Å²) in [6.45, 7) is 9.64. The van der Waals surface area contributed by atoms with Crippen LogP contribution in [0.25, 0.3) is 0 Å². The van der Waals surface area contributed by atoms with Crippen LogP contribution in [0.3, 0.4) is 0 Å². The van der Waals surface area contributed by atoms with Crippen molar-refractivity contribution in [1.82, 2.24) is 4.90 Å². The first kappa shape index (κ1) is 20.2. The Morgan fingerprint density at radius 1 is 1.39 bits per heavy atom. The molecule has 0 bridgehead atoms. The molecule has 1 aromatic carbocycles. The molecule has 1 unspecified atom stereocenters. The Hall–Kier alpha value is -0.820. The second-order valence-corrected chi connectivity index (χ2v) is 6.55. The Kier molecular flexibility index (Phi) is 8.91. The van der Waals surface area contributed by atoms with Gasteiger partial charge in [-0.25, -0.2) is 0 Å². The summed E-state index contributed by atoms with van der Waals surface area (Å²) in [5.41, 5.74) is 8.32. The maximum Gasteiger partial charge on any atom is 0.193 e. The number of rotatable bonds is 5. The van der Waals surface area contributed by atoms with Gasteiger partial charge in [0.15, 0.2) is 5.96 Å². The lowest BCUT2D eigenvalue weighted by Gasteiger charge is -2.32. The van der Waals surface area contributed by atoms with Crippen LogP contribution in [0.4, 0.5) is 5.69 Å². The minimum Gasteiger partial charge on any atom is -0.370 e. The number of guanidine groups is 1. The Morgan fingerprint density at radius 3 is 2.87 bits per heavy atom. The summed E-state index contributed by atoms with van der Waals surface area (Å²) in [4.78, 5) is 6.98. The van der Waals surface area contributed by atoms with Crippen molar-refractivity contribution >= 4 is 35.6 Å². The van der Waals surface area contributed by atoms with Gasteiger partial charge in [-0.1, -0.05) is 32.4 Å². The van der Waals surface area contributed by atoms with Gasteiger partial charge in [-0.15, -0.1) is 24.0 Å². The van der Waals surface area contributed by atoms with E-state index >= 15 is 0 Å². The third kappa shape index (κ3) is 6.67. The molecule has 130 valence electrons. The first-order valence-corrected chi connectivity index (χ1v) is 8.47. The number of hydrogen-bond donors (Lipinski definition) is 2. The zero-order valence-electron chi connectivity index (χ0n) is 14.6. The number of nitrogens with zero attached hydrogens (tertiary/aromatic N) is 2. The van der Waals surface area contributed by atoms with Gasteiger partial charge in [0.1, 0.15) is 0 Å². The van der Waals surface area contributed by atoms with Crippen LogP contribution in [0, 0.1) is 0 Å². The number of nitrogens with one attached hydrogen (secondary N) is 1. The van der Waals surface area contributed by atoms with E-state index in [1.807, 2.05) is 6.07 Å². The average Bonchev–Trinajstić information content (AvgIpc) is 2.49. The number of aliphatic imine (C=N–C) groups is 1. The molecular weight excluding hydrogens is 399 g/mol. The number of halogens is 1. The minimum absolute atomic E-state index is 0. The van der Waals surface area contributed by atoms with Crippen molar-refractivity contribution in [3.8, 4) is 0 Å². The molecule has 0 radical (unpaired) electrons. The lowest BCUT2D eigenvalue weighted by molar-refractivity contribution is 0.166. The second kappa shape index (κ2) is 10.1. The van der Waals surface area contributed by atoms with Gasteiger partial charge in [-0.05, 0) is 49.9 Å². The molecule has 1 aliphatic heterocycles. The van der Waals surface area contributed by atoms with E-state index in [0.717, 1.165) is 18.8 Å². The predicted octanol–water partition coefficient (Wildman–Crippen LogP) is 4.03. The van der Waals surface area contributed by atoms with Gasteiger partial charge in [-0.2, -0.15) is 0 Å². The molecular formula is C18H31IN4. The molecule has 0 aliphatic carbocycles. The van der Waals surface area contributed by atoms with E-state index < -0.39 is 0 Å². The summed E-state index contributed by atoms with van der Waals surface area (Å²) in [6, 6.07) is 9.04. The van der Waals surface area contributed by atoms with Crippen LogP contribution in [0.1, 0.15) is 51.5 Å². The van der Waals surface area contributed by atoms with E-state index in [1.165, 1.54) is 31.4 Å². The van der Waals surface area contributed by atoms with E-state index in [2.05, 4.69) is 54.2 Å². The van der Waals surface area contributed by atoms with Crippen molar-refractivity contribution in [1.29, 1.82) is 0 Å². The van der Waals surface area contributed by atoms with Gasteiger partial charge < -0.3 is 11.1 Å². The Balaban J connectivity index is 0.00000264. The van der Waals surface area contributed by atoms with Crippen LogP contribution in [-0.4, -0.2) is 36.5 Å². The van der Waals surface area contributed by atoms with E-state index in [4.69, 9.17) is 5.73 Å². The largest absolute Gasteiger partial charge is 0.370 e. The smallest absolute Gasteiger partial charge is 0.193 e. The molecule has 5 heteroatoms. The third-order valence-electron chi connectivity index (χ3n) is 4.44. The summed E-state index contributed by atoms with van der Waals surface area (Å²) in [7, 11) is 0. The molecule has 1 aliphatic rings. The zero-order valence-corrected chi connectivity index (χ0v) is 16.9. The van der Waals surface area contributed by atoms with Crippen LogP contribution in [0.2, 0.25) is 0 Å². The first-order valence-electron chi connectivity index (χ1n) is 8.47. The number of benzene rings is 1. The van der Waals surface area contributed by atoms with Gasteiger partial charge in [-0.3, -0.25) is 9.89 Å². The van der Waals surface area contributed by atoms with Crippen molar-refractivity contribution in [2.75, 3.05) is 25.0 Å². The van der Waals surface area contributed by atoms with E-state index in [1.54, 1.807) is 0 Å². The molecule has 23 heavy (non-hydrogen) atoms. The molecule has 2 rings (SSSR count). The lowest BCUT2D eigenvalue weighted by Crippen LogP contribution is -2.39. The van der Waals surface area contributed by atoms with Crippen LogP contribution in [-0.2, 0) is 0 Å². The van der Waals surface area contributed by atoms with Crippen molar-refractivity contribution in [3.05, 3.63) is 29.8 Å². The van der Waals surface area contributed by atoms with Crippen molar-refractivity contribution in [3.63, 3.8) is 0 Å². The molecule has 0 aromatic heterocycles. The fraction of sp³-hybridized carbons (Fsp3) is 0.611. The zero-order chi connectivity index (χ0) is 15.9. The second-order valence-electron chi connectivity index (χ2n) is 6.55. The number of nitrogens with two attached hydrogens (primary N) is 1. The van der Waals surface area contributed by atoms with Gasteiger partial charge in [0, 0.05) is 18.3 Å². The monoisotopic (exact) mass is 430 g/mol. The van der Waals surface area contributed by atoms with Gasteiger partial charge in [0.25, 0.3) is 0 Å². The highest BCUT2D eigenvalue weighted by Crippen LogP contribution is 2.18. The summed E-state index contributed by atoms with van der Waals surface area (Å²) < 4.78 is 0. The Morgan fingerprint density at radius 2 is 2.17 bits per heavy atom. The molecule has 1 saturated heterocycles. The van der Waals surface area contributed by atoms with Crippen LogP contribution >= 0.6 is 24.0 Å². The van der Waals surface area contributed by atoms with Crippen LogP contribution in [0.5, 0.6) is 0 Å². The van der Waals surface area contributed by atoms with E-state index in [0.29, 0.717) is 17.9 Å². The fourth-order valence-corrected chi connectivity index (χ4v) is 2.95. The topological polar surface area (TPSA) is 53.6 Å². The lowest BCUT2D eigenvalue weighted by atomic mass is 10.0. The number of hydrogen-bond acceptors (Lipinski definition) is 2. The molecule has 3 N–H and O–H groups in total. The van der Waals surface area contributed by atoms with Crippen molar-refractivity contribution in [2.24, 2.45) is 10.7 Å². The third-order valence-corrected chi connectivity index (χ3v) is 4.44. The van der Waals surface area contributed by atoms with Crippen molar-refractivity contribution in [2.45, 2.75) is 52.0 Å². The molecule has 1 aromatic rings. The van der Waals surface area contributed by atoms with Gasteiger partial charge in [0.05, 0.1) is 6.54 Å².